The summed E-state index contributed by atoms with van der Waals surface area (Å²) in [4.78, 5) is 37.2. The molecule has 2 atom stereocenters. The van der Waals surface area contributed by atoms with E-state index in [1.807, 2.05) is 24.3 Å². The highest BCUT2D eigenvalue weighted by Crippen LogP contribution is 2.20. The van der Waals surface area contributed by atoms with Crippen LogP contribution in [0.3, 0.4) is 0 Å². The third-order valence-electron chi connectivity index (χ3n) is 5.05. The van der Waals surface area contributed by atoms with Crippen molar-refractivity contribution in [3.8, 4) is 0 Å². The van der Waals surface area contributed by atoms with Crippen LogP contribution in [0.4, 0.5) is 5.69 Å². The Morgan fingerprint density at radius 3 is 2.23 bits per heavy atom. The summed E-state index contributed by atoms with van der Waals surface area (Å²) in [7, 11) is 0. The van der Waals surface area contributed by atoms with Gasteiger partial charge >= 0.3 is 5.97 Å². The molecule has 0 heterocycles. The number of esters is 1. The van der Waals surface area contributed by atoms with E-state index in [2.05, 4.69) is 24.5 Å². The fourth-order valence-corrected chi connectivity index (χ4v) is 3.14. The second-order valence-electron chi connectivity index (χ2n) is 7.76. The van der Waals surface area contributed by atoms with Crippen molar-refractivity contribution in [1.82, 2.24) is 5.32 Å². The molecule has 0 radical (unpaired) electrons. The first-order valence-corrected chi connectivity index (χ1v) is 10.7. The highest BCUT2D eigenvalue weighted by atomic mass is 35.5. The summed E-state index contributed by atoms with van der Waals surface area (Å²) in [5.74, 6) is -1.41. The zero-order valence-corrected chi connectivity index (χ0v) is 19.0. The molecule has 6 nitrogen and oxygen atoms in total. The lowest BCUT2D eigenvalue weighted by Gasteiger charge is -2.21. The monoisotopic (exact) mass is 444 g/mol. The molecule has 0 fully saturated rings. The number of anilines is 1. The minimum Gasteiger partial charge on any atom is -0.454 e. The quantitative estimate of drug-likeness (QED) is 0.544. The third-order valence-corrected chi connectivity index (χ3v) is 5.38. The van der Waals surface area contributed by atoms with Crippen LogP contribution in [-0.2, 0) is 14.3 Å². The van der Waals surface area contributed by atoms with Crippen molar-refractivity contribution in [3.63, 3.8) is 0 Å². The Hall–Kier alpha value is -2.86. The van der Waals surface area contributed by atoms with Crippen LogP contribution in [0.2, 0.25) is 5.02 Å². The van der Waals surface area contributed by atoms with Crippen LogP contribution in [0, 0.1) is 5.92 Å². The minimum absolute atomic E-state index is 0.241. The molecule has 2 aromatic rings. The molecule has 166 valence electrons. The van der Waals surface area contributed by atoms with Gasteiger partial charge in [-0.2, -0.15) is 0 Å². The van der Waals surface area contributed by atoms with Gasteiger partial charge in [-0.05, 0) is 48.1 Å². The number of nitrogens with one attached hydrogen (secondary N) is 2. The Morgan fingerprint density at radius 2 is 1.65 bits per heavy atom. The van der Waals surface area contributed by atoms with Gasteiger partial charge in [0.25, 0.3) is 11.8 Å². The van der Waals surface area contributed by atoms with Crippen molar-refractivity contribution < 1.29 is 19.1 Å². The molecule has 2 aromatic carbocycles. The molecule has 0 saturated carbocycles. The molecule has 0 spiro atoms. The van der Waals surface area contributed by atoms with Crippen molar-refractivity contribution in [2.24, 2.45) is 5.92 Å². The normalized spacial score (nSPS) is 12.7. The number of halogens is 1. The molecular weight excluding hydrogens is 416 g/mol. The average molecular weight is 445 g/mol. The first-order valence-electron chi connectivity index (χ1n) is 10.3. The van der Waals surface area contributed by atoms with Crippen LogP contribution in [0.5, 0.6) is 0 Å². The predicted octanol–water partition coefficient (Wildman–Crippen LogP) is 4.79. The maximum Gasteiger partial charge on any atom is 0.329 e. The summed E-state index contributed by atoms with van der Waals surface area (Å²) in [6.45, 7) is 7.37. The SMILES string of the molecule is CCC(C)c1ccc(NC(=O)COC(=O)[C@@H](NC(=O)c2ccccc2Cl)C(C)C)cc1. The summed E-state index contributed by atoms with van der Waals surface area (Å²) in [5.41, 5.74) is 2.09. The van der Waals surface area contributed by atoms with Crippen LogP contribution in [0.25, 0.3) is 0 Å². The molecule has 31 heavy (non-hydrogen) atoms. The molecule has 0 aliphatic rings. The van der Waals surface area contributed by atoms with Crippen LogP contribution >= 0.6 is 11.6 Å². The fraction of sp³-hybridized carbons (Fsp3) is 0.375. The Labute approximate surface area is 188 Å². The number of carbonyl (C=O) groups is 3. The molecule has 2 rings (SSSR count). The van der Waals surface area contributed by atoms with E-state index in [1.165, 1.54) is 5.56 Å². The van der Waals surface area contributed by atoms with E-state index < -0.39 is 30.4 Å². The van der Waals surface area contributed by atoms with Crippen molar-refractivity contribution in [2.75, 3.05) is 11.9 Å². The van der Waals surface area contributed by atoms with Crippen LogP contribution < -0.4 is 10.6 Å². The number of rotatable bonds is 9. The number of hydrogen-bond acceptors (Lipinski definition) is 4. The number of benzene rings is 2. The maximum atomic E-state index is 12.5. The standard InChI is InChI=1S/C24H29ClN2O4/c1-5-16(4)17-10-12-18(13-11-17)26-21(28)14-31-24(30)22(15(2)3)27-23(29)19-8-6-7-9-20(19)25/h6-13,15-16,22H,5,14H2,1-4H3,(H,26,28)(H,27,29)/t16?,22-/m0/s1. The lowest BCUT2D eigenvalue weighted by Crippen LogP contribution is -2.46. The molecule has 0 aliphatic heterocycles. The first-order chi connectivity index (χ1) is 14.7. The smallest absolute Gasteiger partial charge is 0.329 e. The Morgan fingerprint density at radius 1 is 1.00 bits per heavy atom. The Balaban J connectivity index is 1.91. The lowest BCUT2D eigenvalue weighted by atomic mass is 9.99. The first kappa shape index (κ1) is 24.4. The third kappa shape index (κ3) is 7.10. The molecule has 0 saturated heterocycles. The number of amides is 2. The van der Waals surface area contributed by atoms with Gasteiger partial charge in [0.05, 0.1) is 10.6 Å². The van der Waals surface area contributed by atoms with E-state index in [9.17, 15) is 14.4 Å². The lowest BCUT2D eigenvalue weighted by molar-refractivity contribution is -0.150. The summed E-state index contributed by atoms with van der Waals surface area (Å²) < 4.78 is 5.15. The van der Waals surface area contributed by atoms with Gasteiger partial charge < -0.3 is 15.4 Å². The van der Waals surface area contributed by atoms with Gasteiger partial charge in [0.2, 0.25) is 0 Å². The summed E-state index contributed by atoms with van der Waals surface area (Å²) in [6.07, 6.45) is 1.03. The van der Waals surface area contributed by atoms with Crippen LogP contribution in [0.15, 0.2) is 48.5 Å². The van der Waals surface area contributed by atoms with Crippen molar-refractivity contribution in [2.45, 2.75) is 46.1 Å². The minimum atomic E-state index is -0.911. The van der Waals surface area contributed by atoms with E-state index >= 15 is 0 Å². The van der Waals surface area contributed by atoms with Crippen molar-refractivity contribution in [1.29, 1.82) is 0 Å². The van der Waals surface area contributed by atoms with Gasteiger partial charge in [0.1, 0.15) is 6.04 Å². The predicted molar refractivity (Wildman–Crippen MR) is 122 cm³/mol. The Bertz CT molecular complexity index is 912. The van der Waals surface area contributed by atoms with E-state index in [0.29, 0.717) is 11.6 Å². The van der Waals surface area contributed by atoms with E-state index in [0.717, 1.165) is 6.42 Å². The highest BCUT2D eigenvalue weighted by Gasteiger charge is 2.27. The van der Waals surface area contributed by atoms with E-state index in [1.54, 1.807) is 38.1 Å². The van der Waals surface area contributed by atoms with Crippen molar-refractivity contribution in [3.05, 3.63) is 64.7 Å². The highest BCUT2D eigenvalue weighted by molar-refractivity contribution is 6.33. The molecular formula is C24H29ClN2O4. The van der Waals surface area contributed by atoms with E-state index in [4.69, 9.17) is 16.3 Å². The fourth-order valence-electron chi connectivity index (χ4n) is 2.92. The number of ether oxygens (including phenoxy) is 1. The zero-order chi connectivity index (χ0) is 23.0. The topological polar surface area (TPSA) is 84.5 Å². The maximum absolute atomic E-state index is 12.5. The van der Waals surface area contributed by atoms with Gasteiger partial charge in [0, 0.05) is 5.69 Å². The molecule has 0 bridgehead atoms. The average Bonchev–Trinajstić information content (AvgIpc) is 2.75. The number of carbonyl (C=O) groups excluding carboxylic acids is 3. The largest absolute Gasteiger partial charge is 0.454 e. The molecule has 0 aromatic heterocycles. The Kier molecular flexibility index (Phi) is 9.06. The van der Waals surface area contributed by atoms with Gasteiger partial charge in [-0.1, -0.05) is 63.6 Å². The molecule has 7 heteroatoms. The molecule has 2 amide bonds. The zero-order valence-electron chi connectivity index (χ0n) is 18.3. The molecule has 0 aliphatic carbocycles. The van der Waals surface area contributed by atoms with Gasteiger partial charge in [-0.15, -0.1) is 0 Å². The molecule has 2 N–H and O–H groups in total. The van der Waals surface area contributed by atoms with Crippen LogP contribution in [-0.4, -0.2) is 30.4 Å². The van der Waals surface area contributed by atoms with Gasteiger partial charge in [-0.3, -0.25) is 9.59 Å². The van der Waals surface area contributed by atoms with Gasteiger partial charge in [0.15, 0.2) is 6.61 Å². The molecule has 1 unspecified atom stereocenters. The summed E-state index contributed by atoms with van der Waals surface area (Å²) >= 11 is 6.05. The second-order valence-corrected chi connectivity index (χ2v) is 8.17. The van der Waals surface area contributed by atoms with E-state index in [-0.39, 0.29) is 16.5 Å². The van der Waals surface area contributed by atoms with Gasteiger partial charge in [-0.25, -0.2) is 4.79 Å². The van der Waals surface area contributed by atoms with Crippen molar-refractivity contribution >= 4 is 35.1 Å². The second kappa shape index (κ2) is 11.5. The van der Waals surface area contributed by atoms with Crippen LogP contribution in [0.1, 0.15) is 56.0 Å². The summed E-state index contributed by atoms with van der Waals surface area (Å²) in [6, 6.07) is 13.2. The summed E-state index contributed by atoms with van der Waals surface area (Å²) in [5, 5.41) is 5.63. The number of hydrogen-bond donors (Lipinski definition) is 2.